The highest BCUT2D eigenvalue weighted by molar-refractivity contribution is 7.92. The van der Waals surface area contributed by atoms with Gasteiger partial charge in [-0.15, -0.1) is 0 Å². The van der Waals surface area contributed by atoms with E-state index in [0.29, 0.717) is 22.8 Å². The number of hydrogen-bond donors (Lipinski definition) is 1. The van der Waals surface area contributed by atoms with Crippen molar-refractivity contribution in [3.63, 3.8) is 0 Å². The summed E-state index contributed by atoms with van der Waals surface area (Å²) in [4.78, 5) is 29.9. The van der Waals surface area contributed by atoms with E-state index in [4.69, 9.17) is 11.6 Å². The van der Waals surface area contributed by atoms with Gasteiger partial charge in [0.25, 0.3) is 10.0 Å². The van der Waals surface area contributed by atoms with E-state index < -0.39 is 28.5 Å². The van der Waals surface area contributed by atoms with Gasteiger partial charge in [-0.3, -0.25) is 13.9 Å². The first-order valence-corrected chi connectivity index (χ1v) is 16.8. The summed E-state index contributed by atoms with van der Waals surface area (Å²) in [5.41, 5.74) is 3.61. The normalized spacial score (nSPS) is 12.0. The molecular weight excluding hydrogens is 606 g/mol. The van der Waals surface area contributed by atoms with Crippen molar-refractivity contribution in [1.29, 1.82) is 0 Å². The lowest BCUT2D eigenvalue weighted by Gasteiger charge is -2.34. The predicted molar refractivity (Wildman–Crippen MR) is 181 cm³/mol. The molecule has 0 aromatic heterocycles. The van der Waals surface area contributed by atoms with E-state index in [9.17, 15) is 18.0 Å². The van der Waals surface area contributed by atoms with Gasteiger partial charge in [0.1, 0.15) is 12.6 Å². The largest absolute Gasteiger partial charge is 0.354 e. The SMILES string of the molecule is Cc1ccc(S(=O)(=O)N(CC(=O)N(Cc2ccccc2Cl)[C@@H](Cc2ccccc2)C(=O)NCC(C)C)c2cccc(C)c2)cc1. The van der Waals surface area contributed by atoms with Crippen LogP contribution in [0.2, 0.25) is 5.02 Å². The second kappa shape index (κ2) is 15.2. The number of carbonyl (C=O) groups excluding carboxylic acids is 2. The Morgan fingerprint density at radius 1 is 0.822 bits per heavy atom. The fourth-order valence-electron chi connectivity index (χ4n) is 4.94. The van der Waals surface area contributed by atoms with Crippen LogP contribution in [0.15, 0.2) is 108 Å². The topological polar surface area (TPSA) is 86.8 Å². The van der Waals surface area contributed by atoms with Crippen molar-refractivity contribution >= 4 is 39.1 Å². The third kappa shape index (κ3) is 8.96. The average molecular weight is 646 g/mol. The first-order valence-electron chi connectivity index (χ1n) is 15.0. The van der Waals surface area contributed by atoms with Crippen molar-refractivity contribution in [1.82, 2.24) is 10.2 Å². The van der Waals surface area contributed by atoms with Gasteiger partial charge in [0.15, 0.2) is 0 Å². The van der Waals surface area contributed by atoms with E-state index in [1.807, 2.05) is 70.2 Å². The van der Waals surface area contributed by atoms with E-state index in [1.165, 1.54) is 17.0 Å². The molecule has 0 spiro atoms. The molecule has 0 bridgehead atoms. The van der Waals surface area contributed by atoms with E-state index in [-0.39, 0.29) is 29.7 Å². The van der Waals surface area contributed by atoms with Crippen molar-refractivity contribution in [3.05, 3.63) is 130 Å². The number of benzene rings is 4. The Bertz CT molecular complexity index is 1710. The highest BCUT2D eigenvalue weighted by Crippen LogP contribution is 2.27. The Balaban J connectivity index is 1.81. The molecule has 1 atom stereocenters. The van der Waals surface area contributed by atoms with Crippen molar-refractivity contribution in [2.24, 2.45) is 5.92 Å². The minimum absolute atomic E-state index is 0.0113. The van der Waals surface area contributed by atoms with Crippen LogP contribution in [0.3, 0.4) is 0 Å². The summed E-state index contributed by atoms with van der Waals surface area (Å²) in [5.74, 6) is -0.667. The van der Waals surface area contributed by atoms with E-state index in [1.54, 1.807) is 48.5 Å². The van der Waals surface area contributed by atoms with Crippen LogP contribution in [0.1, 0.15) is 36.1 Å². The third-order valence-corrected chi connectivity index (χ3v) is 9.59. The zero-order valence-corrected chi connectivity index (χ0v) is 27.7. The molecule has 236 valence electrons. The van der Waals surface area contributed by atoms with Gasteiger partial charge in [-0.25, -0.2) is 8.42 Å². The number of nitrogens with zero attached hydrogens (tertiary/aromatic N) is 2. The van der Waals surface area contributed by atoms with E-state index in [2.05, 4.69) is 5.32 Å². The lowest BCUT2D eigenvalue weighted by Crippen LogP contribution is -2.53. The van der Waals surface area contributed by atoms with Gasteiger partial charge in [0.2, 0.25) is 11.8 Å². The number of anilines is 1. The van der Waals surface area contributed by atoms with Crippen LogP contribution >= 0.6 is 11.6 Å². The number of amides is 2. The first-order chi connectivity index (χ1) is 21.5. The Morgan fingerprint density at radius 3 is 2.13 bits per heavy atom. The highest BCUT2D eigenvalue weighted by Gasteiger charge is 2.35. The molecule has 1 N–H and O–H groups in total. The summed E-state index contributed by atoms with van der Waals surface area (Å²) >= 11 is 6.56. The number of nitrogens with one attached hydrogen (secondary N) is 1. The van der Waals surface area contributed by atoms with Crippen LogP contribution < -0.4 is 9.62 Å². The standard InChI is InChI=1S/C36H40ClN3O4S/c1-26(2)23-38-36(42)34(22-29-12-6-5-7-13-29)39(24-30-14-8-9-16-33(30)37)35(41)25-40(31-15-10-11-28(4)21-31)45(43,44)32-19-17-27(3)18-20-32/h5-21,26,34H,22-25H2,1-4H3,(H,38,42)/t34-/m0/s1. The molecule has 2 amide bonds. The fraction of sp³-hybridized carbons (Fsp3) is 0.278. The summed E-state index contributed by atoms with van der Waals surface area (Å²) in [7, 11) is -4.16. The molecule has 0 radical (unpaired) electrons. The van der Waals surface area contributed by atoms with Gasteiger partial charge < -0.3 is 10.2 Å². The zero-order valence-electron chi connectivity index (χ0n) is 26.1. The smallest absolute Gasteiger partial charge is 0.264 e. The van der Waals surface area contributed by atoms with Crippen LogP contribution in [0.25, 0.3) is 0 Å². The molecule has 0 aliphatic carbocycles. The second-order valence-electron chi connectivity index (χ2n) is 11.6. The average Bonchev–Trinajstić information content (AvgIpc) is 3.01. The predicted octanol–water partition coefficient (Wildman–Crippen LogP) is 6.56. The molecule has 4 aromatic rings. The Morgan fingerprint density at radius 2 is 1.49 bits per heavy atom. The quantitative estimate of drug-likeness (QED) is 0.178. The molecule has 0 fully saturated rings. The lowest BCUT2D eigenvalue weighted by atomic mass is 10.0. The molecule has 0 aliphatic heterocycles. The minimum atomic E-state index is -4.16. The maximum atomic E-state index is 14.5. The number of halogens is 1. The maximum Gasteiger partial charge on any atom is 0.264 e. The van der Waals surface area contributed by atoms with Gasteiger partial charge in [-0.1, -0.05) is 104 Å². The Kier molecular flexibility index (Phi) is 11.4. The van der Waals surface area contributed by atoms with Crippen molar-refractivity contribution in [2.75, 3.05) is 17.4 Å². The maximum absolute atomic E-state index is 14.5. The monoisotopic (exact) mass is 645 g/mol. The summed E-state index contributed by atoms with van der Waals surface area (Å²) in [6.07, 6.45) is 0.232. The Labute approximate surface area is 271 Å². The van der Waals surface area contributed by atoms with Crippen LogP contribution in [0.4, 0.5) is 5.69 Å². The number of hydrogen-bond acceptors (Lipinski definition) is 4. The molecule has 4 aromatic carbocycles. The van der Waals surface area contributed by atoms with Crippen LogP contribution in [0.5, 0.6) is 0 Å². The molecule has 9 heteroatoms. The molecule has 0 unspecified atom stereocenters. The summed E-state index contributed by atoms with van der Waals surface area (Å²) in [6.45, 7) is 7.64. The lowest BCUT2D eigenvalue weighted by molar-refractivity contribution is -0.140. The molecule has 0 saturated heterocycles. The molecule has 0 aliphatic rings. The highest BCUT2D eigenvalue weighted by atomic mass is 35.5. The summed E-state index contributed by atoms with van der Waals surface area (Å²) < 4.78 is 29.4. The van der Waals surface area contributed by atoms with E-state index in [0.717, 1.165) is 21.0 Å². The summed E-state index contributed by atoms with van der Waals surface area (Å²) in [5, 5.41) is 3.44. The molecule has 0 saturated carbocycles. The molecule has 45 heavy (non-hydrogen) atoms. The molecule has 7 nitrogen and oxygen atoms in total. The van der Waals surface area contributed by atoms with Gasteiger partial charge in [0, 0.05) is 24.5 Å². The van der Waals surface area contributed by atoms with Gasteiger partial charge in [0.05, 0.1) is 10.6 Å². The number of aryl methyl sites for hydroxylation is 2. The number of sulfonamides is 1. The van der Waals surface area contributed by atoms with Crippen molar-refractivity contribution < 1.29 is 18.0 Å². The zero-order chi connectivity index (χ0) is 32.6. The van der Waals surface area contributed by atoms with Crippen molar-refractivity contribution in [3.8, 4) is 0 Å². The molecule has 0 heterocycles. The van der Waals surface area contributed by atoms with Crippen LogP contribution in [-0.4, -0.2) is 44.3 Å². The molecule has 4 rings (SSSR count). The van der Waals surface area contributed by atoms with Crippen molar-refractivity contribution in [2.45, 2.75) is 51.6 Å². The van der Waals surface area contributed by atoms with Crippen LogP contribution in [0, 0.1) is 19.8 Å². The number of carbonyl (C=O) groups is 2. The molecular formula is C36H40ClN3O4S. The second-order valence-corrected chi connectivity index (χ2v) is 13.9. The Hall–Kier alpha value is -4.14. The number of rotatable bonds is 13. The van der Waals surface area contributed by atoms with E-state index >= 15 is 0 Å². The third-order valence-electron chi connectivity index (χ3n) is 7.43. The minimum Gasteiger partial charge on any atom is -0.354 e. The fourth-order valence-corrected chi connectivity index (χ4v) is 6.54. The van der Waals surface area contributed by atoms with Crippen LogP contribution in [-0.2, 0) is 32.6 Å². The first kappa shape index (κ1) is 33.7. The van der Waals surface area contributed by atoms with Gasteiger partial charge in [-0.2, -0.15) is 0 Å². The van der Waals surface area contributed by atoms with Gasteiger partial charge in [-0.05, 0) is 66.8 Å². The summed E-state index contributed by atoms with van der Waals surface area (Å²) in [6, 6.07) is 29.2. The van der Waals surface area contributed by atoms with Gasteiger partial charge >= 0.3 is 0 Å².